The number of ketones is 1. The first-order valence-corrected chi connectivity index (χ1v) is 2.63. The molecule has 52 valence electrons. The van der Waals surface area contributed by atoms with Crippen LogP contribution in [0.2, 0.25) is 0 Å². The summed E-state index contributed by atoms with van der Waals surface area (Å²) in [6, 6.07) is 0. The van der Waals surface area contributed by atoms with Crippen molar-refractivity contribution < 1.29 is 9.90 Å². The Balaban J connectivity index is 4.06. The van der Waals surface area contributed by atoms with Crippen LogP contribution >= 0.6 is 0 Å². The maximum atomic E-state index is 10.6. The molecule has 0 fully saturated rings. The Kier molecular flexibility index (Phi) is 2.40. The van der Waals surface area contributed by atoms with Crippen molar-refractivity contribution in [3.63, 3.8) is 0 Å². The quantitative estimate of drug-likeness (QED) is 0.507. The van der Waals surface area contributed by atoms with Crippen LogP contribution in [0.3, 0.4) is 0 Å². The van der Waals surface area contributed by atoms with Gasteiger partial charge in [-0.15, -0.1) is 0 Å². The van der Waals surface area contributed by atoms with Gasteiger partial charge in [0, 0.05) is 0 Å². The first kappa shape index (κ1) is 8.17. The highest BCUT2D eigenvalue weighted by Gasteiger charge is 2.19. The number of hydrogen-bond acceptors (Lipinski definition) is 3. The first-order valence-electron chi connectivity index (χ1n) is 2.63. The Hall–Kier alpha value is -0.830. The topological polar surface area (TPSA) is 63.3 Å². The fraction of sp³-hybridized carbons (Fsp3) is 0.500. The molecule has 0 aromatic carbocycles. The van der Waals surface area contributed by atoms with Crippen LogP contribution in [0.15, 0.2) is 12.3 Å². The van der Waals surface area contributed by atoms with Gasteiger partial charge in [0.1, 0.15) is 5.60 Å². The van der Waals surface area contributed by atoms with Crippen molar-refractivity contribution in [3.05, 3.63) is 12.3 Å². The minimum absolute atomic E-state index is 0.384. The molecule has 0 amide bonds. The molecule has 0 saturated carbocycles. The maximum Gasteiger partial charge on any atom is 0.188 e. The molecule has 0 saturated heterocycles. The monoisotopic (exact) mass is 129 g/mol. The van der Waals surface area contributed by atoms with E-state index in [9.17, 15) is 4.79 Å². The lowest BCUT2D eigenvalue weighted by Gasteiger charge is -2.11. The van der Waals surface area contributed by atoms with Gasteiger partial charge in [-0.2, -0.15) is 0 Å². The molecular formula is C6H11NO2. The predicted octanol–water partition coefficient (Wildman–Crippen LogP) is -0.201. The number of carbonyl (C=O) groups is 1. The number of carbonyl (C=O) groups excluding carboxylic acids is 1. The third-order valence-electron chi connectivity index (χ3n) is 0.851. The van der Waals surface area contributed by atoms with Gasteiger partial charge in [0.15, 0.2) is 5.78 Å². The van der Waals surface area contributed by atoms with E-state index in [1.165, 1.54) is 13.8 Å². The zero-order valence-corrected chi connectivity index (χ0v) is 5.59. The largest absolute Gasteiger partial charge is 0.404 e. The van der Waals surface area contributed by atoms with E-state index in [1.807, 2.05) is 0 Å². The summed E-state index contributed by atoms with van der Waals surface area (Å²) in [7, 11) is 0. The molecule has 3 N–H and O–H groups in total. The van der Waals surface area contributed by atoms with Crippen molar-refractivity contribution in [3.8, 4) is 0 Å². The molecule has 9 heavy (non-hydrogen) atoms. The molecule has 0 rings (SSSR count). The van der Waals surface area contributed by atoms with Crippen LogP contribution in [-0.2, 0) is 4.79 Å². The van der Waals surface area contributed by atoms with Gasteiger partial charge in [0.05, 0.1) is 0 Å². The van der Waals surface area contributed by atoms with E-state index in [1.54, 1.807) is 0 Å². The number of nitrogens with two attached hydrogens (primary N) is 1. The Morgan fingerprint density at radius 2 is 2.11 bits per heavy atom. The van der Waals surface area contributed by atoms with Crippen LogP contribution in [-0.4, -0.2) is 16.5 Å². The standard InChI is InChI=1S/C6H11NO2/c1-6(2,9)5(8)3-4-7/h3-4,9H,7H2,1-2H3/b4-3-. The highest BCUT2D eigenvalue weighted by molar-refractivity contribution is 5.95. The van der Waals surface area contributed by atoms with Gasteiger partial charge in [-0.25, -0.2) is 0 Å². The molecule has 0 unspecified atom stereocenters. The van der Waals surface area contributed by atoms with E-state index >= 15 is 0 Å². The number of hydrogen-bond donors (Lipinski definition) is 2. The minimum atomic E-state index is -1.30. The lowest BCUT2D eigenvalue weighted by atomic mass is 10.0. The van der Waals surface area contributed by atoms with Crippen LogP contribution in [0.4, 0.5) is 0 Å². The molecule has 3 heteroatoms. The van der Waals surface area contributed by atoms with E-state index in [4.69, 9.17) is 10.8 Å². The molecule has 0 bridgehead atoms. The average Bonchev–Trinajstić information content (AvgIpc) is 1.64. The normalized spacial score (nSPS) is 12.3. The van der Waals surface area contributed by atoms with Crippen LogP contribution in [0.25, 0.3) is 0 Å². The van der Waals surface area contributed by atoms with E-state index in [-0.39, 0.29) is 5.78 Å². The Morgan fingerprint density at radius 1 is 1.67 bits per heavy atom. The first-order chi connectivity index (χ1) is 3.98. The smallest absolute Gasteiger partial charge is 0.188 e. The van der Waals surface area contributed by atoms with Crippen molar-refractivity contribution in [2.45, 2.75) is 19.4 Å². The summed E-state index contributed by atoms with van der Waals surface area (Å²) in [5.74, 6) is -0.384. The SMILES string of the molecule is CC(C)(O)C(=O)/C=C\N. The van der Waals surface area contributed by atoms with Gasteiger partial charge in [-0.1, -0.05) is 0 Å². The lowest BCUT2D eigenvalue weighted by Crippen LogP contribution is -2.29. The molecule has 0 radical (unpaired) electrons. The Morgan fingerprint density at radius 3 is 2.22 bits per heavy atom. The second-order valence-electron chi connectivity index (χ2n) is 2.28. The third kappa shape index (κ3) is 2.87. The molecule has 0 heterocycles. The van der Waals surface area contributed by atoms with Crippen molar-refractivity contribution >= 4 is 5.78 Å². The van der Waals surface area contributed by atoms with Gasteiger partial charge in [0.25, 0.3) is 0 Å². The summed E-state index contributed by atoms with van der Waals surface area (Å²) in [5, 5.41) is 8.96. The molecule has 0 aliphatic rings. The summed E-state index contributed by atoms with van der Waals surface area (Å²) in [5.41, 5.74) is 3.62. The second kappa shape index (κ2) is 2.64. The Labute approximate surface area is 54.2 Å². The van der Waals surface area contributed by atoms with Crippen molar-refractivity contribution in [2.75, 3.05) is 0 Å². The van der Waals surface area contributed by atoms with Crippen LogP contribution in [0.1, 0.15) is 13.8 Å². The highest BCUT2D eigenvalue weighted by Crippen LogP contribution is 2.02. The molecule has 0 aliphatic heterocycles. The molecule has 0 aromatic rings. The maximum absolute atomic E-state index is 10.6. The van der Waals surface area contributed by atoms with Gasteiger partial charge in [0.2, 0.25) is 0 Å². The summed E-state index contributed by atoms with van der Waals surface area (Å²) in [6.45, 7) is 2.82. The fourth-order valence-corrected chi connectivity index (χ4v) is 0.291. The molecule has 0 aliphatic carbocycles. The molecule has 0 spiro atoms. The van der Waals surface area contributed by atoms with Gasteiger partial charge in [-0.05, 0) is 26.1 Å². The van der Waals surface area contributed by atoms with Gasteiger partial charge < -0.3 is 10.8 Å². The van der Waals surface area contributed by atoms with E-state index < -0.39 is 5.60 Å². The van der Waals surface area contributed by atoms with Crippen molar-refractivity contribution in [1.82, 2.24) is 0 Å². The molecule has 3 nitrogen and oxygen atoms in total. The van der Waals surface area contributed by atoms with Gasteiger partial charge in [-0.3, -0.25) is 4.79 Å². The van der Waals surface area contributed by atoms with Crippen molar-refractivity contribution in [2.24, 2.45) is 5.73 Å². The molecular weight excluding hydrogens is 118 g/mol. The fourth-order valence-electron chi connectivity index (χ4n) is 0.291. The van der Waals surface area contributed by atoms with Crippen LogP contribution < -0.4 is 5.73 Å². The number of rotatable bonds is 2. The lowest BCUT2D eigenvalue weighted by molar-refractivity contribution is -0.128. The third-order valence-corrected chi connectivity index (χ3v) is 0.851. The highest BCUT2D eigenvalue weighted by atomic mass is 16.3. The zero-order valence-electron chi connectivity index (χ0n) is 5.59. The summed E-state index contributed by atoms with van der Waals surface area (Å²) < 4.78 is 0. The predicted molar refractivity (Wildman–Crippen MR) is 34.6 cm³/mol. The summed E-state index contributed by atoms with van der Waals surface area (Å²) in [4.78, 5) is 10.6. The average molecular weight is 129 g/mol. The zero-order chi connectivity index (χ0) is 7.49. The number of aliphatic hydroxyl groups is 1. The van der Waals surface area contributed by atoms with E-state index in [0.717, 1.165) is 12.3 Å². The van der Waals surface area contributed by atoms with E-state index in [0.29, 0.717) is 0 Å². The minimum Gasteiger partial charge on any atom is -0.404 e. The Bertz CT molecular complexity index is 132. The summed E-state index contributed by atoms with van der Waals surface area (Å²) in [6.07, 6.45) is 2.25. The summed E-state index contributed by atoms with van der Waals surface area (Å²) >= 11 is 0. The molecule has 0 aromatic heterocycles. The molecule has 0 atom stereocenters. The second-order valence-corrected chi connectivity index (χ2v) is 2.28. The van der Waals surface area contributed by atoms with Crippen LogP contribution in [0, 0.1) is 0 Å². The van der Waals surface area contributed by atoms with Crippen molar-refractivity contribution in [1.29, 1.82) is 0 Å². The van der Waals surface area contributed by atoms with E-state index in [2.05, 4.69) is 0 Å². The van der Waals surface area contributed by atoms with Crippen LogP contribution in [0.5, 0.6) is 0 Å². The van der Waals surface area contributed by atoms with Gasteiger partial charge >= 0.3 is 0 Å².